The number of primary amides is 1. The van der Waals surface area contributed by atoms with E-state index in [1.165, 1.54) is 12.1 Å². The number of nitrogens with one attached hydrogen (secondary N) is 1. The van der Waals surface area contributed by atoms with E-state index in [0.717, 1.165) is 11.8 Å². The summed E-state index contributed by atoms with van der Waals surface area (Å²) >= 11 is 0. The molecule has 3 aromatic carbocycles. The minimum absolute atomic E-state index is 0.234. The van der Waals surface area contributed by atoms with E-state index in [2.05, 4.69) is 5.32 Å². The second-order valence-electron chi connectivity index (χ2n) is 6.61. The smallest absolute Gasteiger partial charge is 0.251 e. The van der Waals surface area contributed by atoms with E-state index in [-0.39, 0.29) is 17.3 Å². The van der Waals surface area contributed by atoms with Gasteiger partial charge in [-0.1, -0.05) is 12.1 Å². The highest BCUT2D eigenvalue weighted by molar-refractivity contribution is 7.90. The fourth-order valence-corrected chi connectivity index (χ4v) is 3.27. The Morgan fingerprint density at radius 1 is 0.833 bits per heavy atom. The summed E-state index contributed by atoms with van der Waals surface area (Å²) in [7, 11) is -3.25. The summed E-state index contributed by atoms with van der Waals surface area (Å²) in [5, 5.41) is 2.79. The second-order valence-corrected chi connectivity index (χ2v) is 8.63. The Bertz CT molecular complexity index is 1150. The zero-order chi connectivity index (χ0) is 21.7. The van der Waals surface area contributed by atoms with Crippen molar-refractivity contribution in [3.8, 4) is 11.5 Å². The predicted octanol–water partition coefficient (Wildman–Crippen LogP) is 2.91. The zero-order valence-electron chi connectivity index (χ0n) is 16.2. The maximum absolute atomic E-state index is 12.3. The number of carbonyl (C=O) groups excluding carboxylic acids is 2. The van der Waals surface area contributed by atoms with Gasteiger partial charge in [0.1, 0.15) is 11.5 Å². The van der Waals surface area contributed by atoms with Crippen molar-refractivity contribution in [1.29, 1.82) is 0 Å². The summed E-state index contributed by atoms with van der Waals surface area (Å²) in [5.41, 5.74) is 6.84. The molecule has 0 aliphatic carbocycles. The van der Waals surface area contributed by atoms with Gasteiger partial charge in [0.2, 0.25) is 5.91 Å². The summed E-state index contributed by atoms with van der Waals surface area (Å²) < 4.78 is 28.6. The molecule has 3 N–H and O–H groups in total. The van der Waals surface area contributed by atoms with Crippen molar-refractivity contribution in [3.05, 3.63) is 89.5 Å². The Labute approximate surface area is 174 Å². The summed E-state index contributed by atoms with van der Waals surface area (Å²) in [4.78, 5) is 23.6. The Balaban J connectivity index is 1.57. The van der Waals surface area contributed by atoms with Crippen molar-refractivity contribution >= 4 is 21.7 Å². The Morgan fingerprint density at radius 3 is 1.80 bits per heavy atom. The van der Waals surface area contributed by atoms with Crippen LogP contribution in [0.1, 0.15) is 26.3 Å². The van der Waals surface area contributed by atoms with Crippen molar-refractivity contribution in [2.24, 2.45) is 5.73 Å². The van der Waals surface area contributed by atoms with Crippen LogP contribution in [0.3, 0.4) is 0 Å². The molecule has 8 heteroatoms. The van der Waals surface area contributed by atoms with Crippen molar-refractivity contribution in [1.82, 2.24) is 5.32 Å². The normalized spacial score (nSPS) is 11.0. The van der Waals surface area contributed by atoms with Crippen LogP contribution in [-0.4, -0.2) is 26.5 Å². The van der Waals surface area contributed by atoms with Gasteiger partial charge in [-0.05, 0) is 66.2 Å². The van der Waals surface area contributed by atoms with Crippen molar-refractivity contribution in [2.45, 2.75) is 11.4 Å². The van der Waals surface area contributed by atoms with Crippen LogP contribution in [0, 0.1) is 0 Å². The molecule has 0 bridgehead atoms. The van der Waals surface area contributed by atoms with Crippen LogP contribution >= 0.6 is 0 Å². The Kier molecular flexibility index (Phi) is 6.17. The van der Waals surface area contributed by atoms with Gasteiger partial charge in [0.05, 0.1) is 4.90 Å². The summed E-state index contributed by atoms with van der Waals surface area (Å²) in [6, 6.07) is 19.4. The topological polar surface area (TPSA) is 116 Å². The second kappa shape index (κ2) is 8.79. The Hall–Kier alpha value is -3.65. The van der Waals surface area contributed by atoms with Crippen LogP contribution < -0.4 is 15.8 Å². The number of hydrogen-bond donors (Lipinski definition) is 2. The zero-order valence-corrected chi connectivity index (χ0v) is 17.0. The third kappa shape index (κ3) is 5.45. The number of carbonyl (C=O) groups is 2. The largest absolute Gasteiger partial charge is 0.457 e. The first-order valence-corrected chi connectivity index (χ1v) is 10.9. The van der Waals surface area contributed by atoms with E-state index >= 15 is 0 Å². The minimum atomic E-state index is -3.25. The quantitative estimate of drug-likeness (QED) is 0.605. The van der Waals surface area contributed by atoms with Gasteiger partial charge < -0.3 is 15.8 Å². The maximum Gasteiger partial charge on any atom is 0.251 e. The first kappa shape index (κ1) is 21.1. The average molecular weight is 424 g/mol. The van der Waals surface area contributed by atoms with E-state index in [1.807, 2.05) is 0 Å². The SMILES string of the molecule is CS(=O)(=O)c1ccc(CNC(=O)c2ccc(Oc3ccc(C(N)=O)cc3)cc2)cc1. The molecule has 3 rings (SSSR count). The third-order valence-corrected chi connectivity index (χ3v) is 5.42. The molecule has 154 valence electrons. The first-order valence-electron chi connectivity index (χ1n) is 8.97. The van der Waals surface area contributed by atoms with E-state index in [0.29, 0.717) is 22.6 Å². The van der Waals surface area contributed by atoms with Gasteiger partial charge in [0, 0.05) is 23.9 Å². The number of nitrogens with two attached hydrogens (primary N) is 1. The molecule has 0 unspecified atom stereocenters. The molecule has 0 saturated carbocycles. The molecule has 2 amide bonds. The highest BCUT2D eigenvalue weighted by Crippen LogP contribution is 2.22. The van der Waals surface area contributed by atoms with Gasteiger partial charge in [-0.25, -0.2) is 8.42 Å². The number of benzene rings is 3. The van der Waals surface area contributed by atoms with Crippen LogP contribution in [0.15, 0.2) is 77.7 Å². The Morgan fingerprint density at radius 2 is 1.33 bits per heavy atom. The molecule has 0 heterocycles. The van der Waals surface area contributed by atoms with Crippen molar-refractivity contribution in [3.63, 3.8) is 0 Å². The molecule has 0 atom stereocenters. The molecule has 0 fully saturated rings. The van der Waals surface area contributed by atoms with Crippen molar-refractivity contribution in [2.75, 3.05) is 6.26 Å². The molecule has 0 spiro atoms. The van der Waals surface area contributed by atoms with Crippen LogP contribution in [0.2, 0.25) is 0 Å². The lowest BCUT2D eigenvalue weighted by atomic mass is 10.2. The molecule has 0 radical (unpaired) electrons. The lowest BCUT2D eigenvalue weighted by Gasteiger charge is -2.08. The van der Waals surface area contributed by atoms with E-state index in [9.17, 15) is 18.0 Å². The molecular formula is C22H20N2O5S. The highest BCUT2D eigenvalue weighted by atomic mass is 32.2. The lowest BCUT2D eigenvalue weighted by Crippen LogP contribution is -2.22. The molecule has 30 heavy (non-hydrogen) atoms. The standard InChI is InChI=1S/C22H20N2O5S/c1-30(27,28)20-12-2-15(3-13-20)14-24-22(26)17-6-10-19(11-7-17)29-18-8-4-16(5-9-18)21(23)25/h2-13H,14H2,1H3,(H2,23,25)(H,24,26). The molecular weight excluding hydrogens is 404 g/mol. The summed E-state index contributed by atoms with van der Waals surface area (Å²) in [6.07, 6.45) is 1.15. The van der Waals surface area contributed by atoms with Crippen LogP contribution in [0.25, 0.3) is 0 Å². The molecule has 3 aromatic rings. The predicted molar refractivity (Wildman–Crippen MR) is 112 cm³/mol. The van der Waals surface area contributed by atoms with Gasteiger partial charge in [-0.15, -0.1) is 0 Å². The van der Waals surface area contributed by atoms with Gasteiger partial charge in [-0.3, -0.25) is 9.59 Å². The highest BCUT2D eigenvalue weighted by Gasteiger charge is 2.09. The molecule has 0 saturated heterocycles. The summed E-state index contributed by atoms with van der Waals surface area (Å²) in [6.45, 7) is 0.271. The average Bonchev–Trinajstić information content (AvgIpc) is 2.72. The number of rotatable bonds is 7. The molecule has 0 aliphatic rings. The van der Waals surface area contributed by atoms with Crippen LogP contribution in [0.5, 0.6) is 11.5 Å². The fraction of sp³-hybridized carbons (Fsp3) is 0.0909. The molecule has 0 aromatic heterocycles. The van der Waals surface area contributed by atoms with Crippen molar-refractivity contribution < 1.29 is 22.7 Å². The van der Waals surface area contributed by atoms with E-state index in [4.69, 9.17) is 10.5 Å². The maximum atomic E-state index is 12.3. The minimum Gasteiger partial charge on any atom is -0.457 e. The van der Waals surface area contributed by atoms with E-state index in [1.54, 1.807) is 60.7 Å². The fourth-order valence-electron chi connectivity index (χ4n) is 2.64. The van der Waals surface area contributed by atoms with E-state index < -0.39 is 15.7 Å². The van der Waals surface area contributed by atoms with Crippen LogP contribution in [0.4, 0.5) is 0 Å². The number of hydrogen-bond acceptors (Lipinski definition) is 5. The van der Waals surface area contributed by atoms with Crippen LogP contribution in [-0.2, 0) is 16.4 Å². The monoisotopic (exact) mass is 424 g/mol. The summed E-state index contributed by atoms with van der Waals surface area (Å²) in [5.74, 6) is 0.298. The van der Waals surface area contributed by atoms with Gasteiger partial charge in [0.25, 0.3) is 5.91 Å². The molecule has 0 aliphatic heterocycles. The van der Waals surface area contributed by atoms with Gasteiger partial charge >= 0.3 is 0 Å². The van der Waals surface area contributed by atoms with Gasteiger partial charge in [-0.2, -0.15) is 0 Å². The first-order chi connectivity index (χ1) is 14.2. The number of sulfone groups is 1. The number of amides is 2. The lowest BCUT2D eigenvalue weighted by molar-refractivity contribution is 0.0949. The third-order valence-electron chi connectivity index (χ3n) is 4.30. The van der Waals surface area contributed by atoms with Gasteiger partial charge in [0.15, 0.2) is 9.84 Å². The molecule has 7 nitrogen and oxygen atoms in total. The number of ether oxygens (including phenoxy) is 1.